The van der Waals surface area contributed by atoms with Gasteiger partial charge < -0.3 is 10.0 Å². The molecule has 1 aromatic carbocycles. The van der Waals surface area contributed by atoms with Crippen LogP contribution in [0, 0.1) is 17.8 Å². The summed E-state index contributed by atoms with van der Waals surface area (Å²) in [5.41, 5.74) is 4.24. The van der Waals surface area contributed by atoms with Crippen molar-refractivity contribution in [2.75, 3.05) is 18.0 Å². The number of hydrogen-bond donors (Lipinski definition) is 2. The first kappa shape index (κ1) is 16.8. The van der Waals surface area contributed by atoms with Crippen LogP contribution in [0.2, 0.25) is 0 Å². The number of hydrazone groups is 1. The summed E-state index contributed by atoms with van der Waals surface area (Å²) in [6.45, 7) is 5.95. The Hall–Kier alpha value is -2.04. The molecule has 2 fully saturated rings. The maximum atomic E-state index is 12.2. The molecule has 24 heavy (non-hydrogen) atoms. The van der Waals surface area contributed by atoms with Gasteiger partial charge in [0.1, 0.15) is 5.75 Å². The van der Waals surface area contributed by atoms with Crippen LogP contribution in [0.3, 0.4) is 0 Å². The van der Waals surface area contributed by atoms with E-state index in [-0.39, 0.29) is 17.6 Å². The minimum absolute atomic E-state index is 0.0300. The molecule has 0 spiro atoms. The summed E-state index contributed by atoms with van der Waals surface area (Å²) in [6, 6.07) is 5.53. The van der Waals surface area contributed by atoms with Gasteiger partial charge in [-0.15, -0.1) is 0 Å². The van der Waals surface area contributed by atoms with Crippen LogP contribution in [-0.2, 0) is 4.79 Å². The lowest BCUT2D eigenvalue weighted by molar-refractivity contribution is -0.122. The second-order valence-electron chi connectivity index (χ2n) is 6.79. The second-order valence-corrected chi connectivity index (χ2v) is 6.79. The van der Waals surface area contributed by atoms with Crippen LogP contribution >= 0.6 is 0 Å². The molecule has 3 atom stereocenters. The lowest BCUT2D eigenvalue weighted by atomic mass is 10.0. The van der Waals surface area contributed by atoms with Crippen molar-refractivity contribution < 1.29 is 9.90 Å². The van der Waals surface area contributed by atoms with Gasteiger partial charge in [0, 0.05) is 36.3 Å². The third-order valence-electron chi connectivity index (χ3n) is 5.48. The van der Waals surface area contributed by atoms with E-state index in [2.05, 4.69) is 29.3 Å². The molecule has 3 rings (SSSR count). The van der Waals surface area contributed by atoms with Crippen molar-refractivity contribution in [3.8, 4) is 5.75 Å². The summed E-state index contributed by atoms with van der Waals surface area (Å²) in [7, 11) is 0. The topological polar surface area (TPSA) is 64.9 Å². The summed E-state index contributed by atoms with van der Waals surface area (Å²) in [5.74, 6) is 1.52. The van der Waals surface area contributed by atoms with Gasteiger partial charge in [0.2, 0.25) is 5.91 Å². The Bertz CT molecular complexity index is 613. The van der Waals surface area contributed by atoms with Crippen molar-refractivity contribution in [3.05, 3.63) is 23.8 Å². The van der Waals surface area contributed by atoms with Gasteiger partial charge >= 0.3 is 0 Å². The highest BCUT2D eigenvalue weighted by molar-refractivity contribution is 5.87. The Kier molecular flexibility index (Phi) is 5.07. The first-order chi connectivity index (χ1) is 11.7. The number of benzene rings is 1. The highest BCUT2D eigenvalue weighted by Gasteiger charge is 2.54. The quantitative estimate of drug-likeness (QED) is 0.622. The van der Waals surface area contributed by atoms with Crippen LogP contribution in [0.25, 0.3) is 0 Å². The molecule has 1 aromatic rings. The van der Waals surface area contributed by atoms with Gasteiger partial charge in [-0.1, -0.05) is 12.8 Å². The molecule has 1 unspecified atom stereocenters. The lowest BCUT2D eigenvalue weighted by Gasteiger charge is -2.21. The molecule has 2 N–H and O–H groups in total. The minimum atomic E-state index is 0.0300. The molecule has 0 radical (unpaired) electrons. The monoisotopic (exact) mass is 329 g/mol. The number of phenolic OH excluding ortho intramolecular Hbond substituents is 1. The average Bonchev–Trinajstić information content (AvgIpc) is 3.32. The highest BCUT2D eigenvalue weighted by atomic mass is 16.3. The highest BCUT2D eigenvalue weighted by Crippen LogP contribution is 2.55. The van der Waals surface area contributed by atoms with Gasteiger partial charge in [-0.2, -0.15) is 5.10 Å². The molecule has 0 heterocycles. The molecule has 0 bridgehead atoms. The van der Waals surface area contributed by atoms with Gasteiger partial charge in [-0.3, -0.25) is 4.79 Å². The summed E-state index contributed by atoms with van der Waals surface area (Å²) in [4.78, 5) is 14.3. The molecule has 2 aliphatic rings. The fourth-order valence-electron chi connectivity index (χ4n) is 4.05. The molecule has 1 amide bonds. The Balaban J connectivity index is 1.57. The van der Waals surface area contributed by atoms with Crippen LogP contribution in [0.4, 0.5) is 5.69 Å². The van der Waals surface area contributed by atoms with Gasteiger partial charge in [-0.05, 0) is 50.7 Å². The van der Waals surface area contributed by atoms with Crippen LogP contribution in [0.15, 0.2) is 23.3 Å². The number of anilines is 1. The number of fused-ring (bicyclic) bond motifs is 1. The fourth-order valence-corrected chi connectivity index (χ4v) is 4.05. The van der Waals surface area contributed by atoms with Crippen LogP contribution in [-0.4, -0.2) is 30.3 Å². The number of carbonyl (C=O) groups is 1. The maximum Gasteiger partial charge on any atom is 0.243 e. The predicted octanol–water partition coefficient (Wildman–Crippen LogP) is 3.12. The molecule has 0 saturated heterocycles. The SMILES string of the molecule is CCN(CC)c1ccc(/C=N\NC(=O)C2[C@H]3CCCC[C@@H]23)c(O)c1. The summed E-state index contributed by atoms with van der Waals surface area (Å²) < 4.78 is 0. The molecule has 0 aliphatic heterocycles. The van der Waals surface area contributed by atoms with Crippen molar-refractivity contribution in [1.82, 2.24) is 5.43 Å². The van der Waals surface area contributed by atoms with E-state index in [1.807, 2.05) is 12.1 Å². The molecule has 5 heteroatoms. The Morgan fingerprint density at radius 3 is 2.54 bits per heavy atom. The van der Waals surface area contributed by atoms with Crippen LogP contribution < -0.4 is 10.3 Å². The van der Waals surface area contributed by atoms with Crippen molar-refractivity contribution >= 4 is 17.8 Å². The number of amides is 1. The fraction of sp³-hybridized carbons (Fsp3) is 0.579. The number of aromatic hydroxyl groups is 1. The molecule has 2 aliphatic carbocycles. The normalized spacial score (nSPS) is 25.3. The minimum Gasteiger partial charge on any atom is -0.507 e. The van der Waals surface area contributed by atoms with E-state index in [1.165, 1.54) is 31.9 Å². The first-order valence-electron chi connectivity index (χ1n) is 9.06. The van der Waals surface area contributed by atoms with Crippen molar-refractivity contribution in [2.24, 2.45) is 22.9 Å². The molecular weight excluding hydrogens is 302 g/mol. The molecular formula is C19H27N3O2. The van der Waals surface area contributed by atoms with E-state index >= 15 is 0 Å². The van der Waals surface area contributed by atoms with E-state index < -0.39 is 0 Å². The first-order valence-corrected chi connectivity index (χ1v) is 9.06. The van der Waals surface area contributed by atoms with E-state index in [4.69, 9.17) is 0 Å². The Morgan fingerprint density at radius 2 is 1.96 bits per heavy atom. The van der Waals surface area contributed by atoms with Gasteiger partial charge in [-0.25, -0.2) is 5.43 Å². The number of phenols is 1. The molecule has 130 valence electrons. The zero-order chi connectivity index (χ0) is 17.1. The number of hydrogen-bond acceptors (Lipinski definition) is 4. The zero-order valence-corrected chi connectivity index (χ0v) is 14.5. The van der Waals surface area contributed by atoms with Crippen LogP contribution in [0.1, 0.15) is 45.1 Å². The standard InChI is InChI=1S/C19H27N3O2/c1-3-22(4-2)14-10-9-13(17(23)11-14)12-20-21-19(24)18-15-7-5-6-8-16(15)18/h9-12,15-16,18,23H,3-8H2,1-2H3,(H,21,24)/b20-12-/t15-,16+,18?. The van der Waals surface area contributed by atoms with E-state index in [1.54, 1.807) is 6.07 Å². The Morgan fingerprint density at radius 1 is 1.29 bits per heavy atom. The third-order valence-corrected chi connectivity index (χ3v) is 5.48. The van der Waals surface area contributed by atoms with Crippen molar-refractivity contribution in [2.45, 2.75) is 39.5 Å². The van der Waals surface area contributed by atoms with Crippen LogP contribution in [0.5, 0.6) is 5.75 Å². The summed E-state index contributed by atoms with van der Waals surface area (Å²) in [6.07, 6.45) is 6.38. The largest absolute Gasteiger partial charge is 0.507 e. The average molecular weight is 329 g/mol. The second kappa shape index (κ2) is 7.24. The number of nitrogens with zero attached hydrogens (tertiary/aromatic N) is 2. The Labute approximate surface area is 143 Å². The molecule has 0 aromatic heterocycles. The lowest BCUT2D eigenvalue weighted by Crippen LogP contribution is -2.21. The van der Waals surface area contributed by atoms with E-state index in [9.17, 15) is 9.90 Å². The zero-order valence-electron chi connectivity index (χ0n) is 14.5. The van der Waals surface area contributed by atoms with Gasteiger partial charge in [0.25, 0.3) is 0 Å². The van der Waals surface area contributed by atoms with Gasteiger partial charge in [0.05, 0.1) is 6.21 Å². The molecule has 2 saturated carbocycles. The maximum absolute atomic E-state index is 12.2. The van der Waals surface area contributed by atoms with Gasteiger partial charge in [0.15, 0.2) is 0 Å². The van der Waals surface area contributed by atoms with E-state index in [0.717, 1.165) is 18.8 Å². The molecule has 5 nitrogen and oxygen atoms in total. The summed E-state index contributed by atoms with van der Waals surface area (Å²) >= 11 is 0. The van der Waals surface area contributed by atoms with Crippen molar-refractivity contribution in [3.63, 3.8) is 0 Å². The third kappa shape index (κ3) is 3.40. The smallest absolute Gasteiger partial charge is 0.243 e. The summed E-state index contributed by atoms with van der Waals surface area (Å²) in [5, 5.41) is 14.2. The number of carbonyl (C=O) groups excluding carboxylic acids is 1. The number of rotatable bonds is 6. The number of nitrogens with one attached hydrogen (secondary N) is 1. The van der Waals surface area contributed by atoms with Crippen molar-refractivity contribution in [1.29, 1.82) is 0 Å². The van der Waals surface area contributed by atoms with E-state index in [0.29, 0.717) is 17.4 Å². The predicted molar refractivity (Wildman–Crippen MR) is 96.3 cm³/mol.